The smallest absolute Gasteiger partial charge is 0.270 e. The number of anilines is 2. The molecule has 0 spiro atoms. The first kappa shape index (κ1) is 24.2. The molecule has 0 aromatic heterocycles. The highest BCUT2D eigenvalue weighted by Crippen LogP contribution is 2.44. The van der Waals surface area contributed by atoms with E-state index in [1.165, 1.54) is 4.90 Å². The first-order valence-electron chi connectivity index (χ1n) is 11.2. The Labute approximate surface area is 210 Å². The first-order chi connectivity index (χ1) is 16.0. The number of rotatable bonds is 4. The number of amides is 2. The van der Waals surface area contributed by atoms with Crippen molar-refractivity contribution in [3.8, 4) is 5.75 Å². The zero-order chi connectivity index (χ0) is 24.8. The molecule has 2 heterocycles. The molecule has 0 aliphatic carbocycles. The van der Waals surface area contributed by atoms with Crippen LogP contribution in [-0.2, 0) is 9.59 Å². The highest BCUT2D eigenvalue weighted by atomic mass is 35.5. The standard InChI is InChI=1S/C26H28ClN3O3S/c1-6-33-18-9-7-17(8-10-18)30-24(32)20(23(31)28-25(30)34)12-16-11-19-15(2)14-26(3,4)29(5)22(19)13-21(16)27/h7-13,15H,6,14H2,1-5H3,(H,28,31,34)/b20-12+/t15-/m0/s1. The molecule has 2 aliphatic heterocycles. The average molecular weight is 498 g/mol. The number of thiocarbonyl (C=S) groups is 1. The SMILES string of the molecule is CCOc1ccc(N2C(=O)/C(=C/c3cc4c(cc3Cl)N(C)C(C)(C)C[C@@H]4C)C(=O)NC2=S)cc1. The maximum atomic E-state index is 13.4. The molecule has 1 atom stereocenters. The van der Waals surface area contributed by atoms with Gasteiger partial charge in [-0.1, -0.05) is 18.5 Å². The van der Waals surface area contributed by atoms with Crippen molar-refractivity contribution in [2.24, 2.45) is 0 Å². The van der Waals surface area contributed by atoms with Crippen molar-refractivity contribution < 1.29 is 14.3 Å². The van der Waals surface area contributed by atoms with Crippen LogP contribution in [0.2, 0.25) is 5.02 Å². The number of fused-ring (bicyclic) bond motifs is 1. The molecule has 4 rings (SSSR count). The van der Waals surface area contributed by atoms with Crippen LogP contribution in [0.3, 0.4) is 0 Å². The fraction of sp³-hybridized carbons (Fsp3) is 0.346. The summed E-state index contributed by atoms with van der Waals surface area (Å²) in [6, 6.07) is 10.9. The summed E-state index contributed by atoms with van der Waals surface area (Å²) in [6.07, 6.45) is 2.53. The molecule has 1 N–H and O–H groups in total. The fourth-order valence-electron chi connectivity index (χ4n) is 4.62. The molecule has 2 amide bonds. The predicted molar refractivity (Wildman–Crippen MR) is 141 cm³/mol. The van der Waals surface area contributed by atoms with Gasteiger partial charge in [-0.05, 0) is 98.9 Å². The number of hydrogen-bond acceptors (Lipinski definition) is 5. The number of benzene rings is 2. The van der Waals surface area contributed by atoms with E-state index in [-0.39, 0.29) is 16.2 Å². The van der Waals surface area contributed by atoms with Crippen LogP contribution in [0.25, 0.3) is 6.08 Å². The number of ether oxygens (including phenoxy) is 1. The van der Waals surface area contributed by atoms with Crippen LogP contribution in [0.15, 0.2) is 42.0 Å². The Morgan fingerprint density at radius 1 is 1.24 bits per heavy atom. The summed E-state index contributed by atoms with van der Waals surface area (Å²) in [5.41, 5.74) is 3.34. The molecule has 1 fully saturated rings. The molecule has 8 heteroatoms. The van der Waals surface area contributed by atoms with Gasteiger partial charge in [0.1, 0.15) is 11.3 Å². The molecule has 2 aromatic carbocycles. The average Bonchev–Trinajstić information content (AvgIpc) is 2.76. The van der Waals surface area contributed by atoms with E-state index >= 15 is 0 Å². The van der Waals surface area contributed by atoms with Gasteiger partial charge in [-0.2, -0.15) is 0 Å². The molecule has 0 saturated carbocycles. The van der Waals surface area contributed by atoms with Gasteiger partial charge in [0.2, 0.25) is 0 Å². The molecule has 0 bridgehead atoms. The van der Waals surface area contributed by atoms with Crippen LogP contribution >= 0.6 is 23.8 Å². The van der Waals surface area contributed by atoms with Crippen molar-refractivity contribution in [1.82, 2.24) is 5.32 Å². The maximum Gasteiger partial charge on any atom is 0.270 e. The molecule has 1 saturated heterocycles. The molecule has 0 unspecified atom stereocenters. The van der Waals surface area contributed by atoms with E-state index in [1.54, 1.807) is 30.3 Å². The molecule has 34 heavy (non-hydrogen) atoms. The number of carbonyl (C=O) groups excluding carboxylic acids is 2. The number of carbonyl (C=O) groups is 2. The molecular formula is C26H28ClN3O3S. The molecular weight excluding hydrogens is 470 g/mol. The van der Waals surface area contributed by atoms with E-state index in [1.807, 2.05) is 19.1 Å². The van der Waals surface area contributed by atoms with Crippen LogP contribution < -0.4 is 19.9 Å². The summed E-state index contributed by atoms with van der Waals surface area (Å²) in [4.78, 5) is 29.7. The summed E-state index contributed by atoms with van der Waals surface area (Å²) >= 11 is 11.9. The molecule has 0 radical (unpaired) electrons. The van der Waals surface area contributed by atoms with E-state index < -0.39 is 11.8 Å². The molecule has 2 aliphatic rings. The summed E-state index contributed by atoms with van der Waals surface area (Å²) in [6.45, 7) is 9.04. The number of hydrogen-bond donors (Lipinski definition) is 1. The second kappa shape index (κ2) is 9.04. The summed E-state index contributed by atoms with van der Waals surface area (Å²) in [5.74, 6) is -0.0563. The van der Waals surface area contributed by atoms with Gasteiger partial charge in [0.05, 0.1) is 12.3 Å². The molecule has 2 aromatic rings. The fourth-order valence-corrected chi connectivity index (χ4v) is 5.11. The Kier molecular flexibility index (Phi) is 6.44. The highest BCUT2D eigenvalue weighted by Gasteiger charge is 2.36. The van der Waals surface area contributed by atoms with Crippen molar-refractivity contribution in [2.75, 3.05) is 23.5 Å². The second-order valence-electron chi connectivity index (χ2n) is 9.29. The molecule has 6 nitrogen and oxygen atoms in total. The first-order valence-corrected chi connectivity index (χ1v) is 12.0. The van der Waals surface area contributed by atoms with Gasteiger partial charge in [0.15, 0.2) is 5.11 Å². The number of nitrogens with one attached hydrogen (secondary N) is 1. The van der Waals surface area contributed by atoms with E-state index in [0.717, 1.165) is 17.7 Å². The monoisotopic (exact) mass is 497 g/mol. The third-order valence-electron chi connectivity index (χ3n) is 6.56. The second-order valence-corrected chi connectivity index (χ2v) is 10.1. The van der Waals surface area contributed by atoms with E-state index in [9.17, 15) is 9.59 Å². The lowest BCUT2D eigenvalue weighted by Gasteiger charge is -2.45. The van der Waals surface area contributed by atoms with Crippen LogP contribution in [-0.4, -0.2) is 36.1 Å². The zero-order valence-corrected chi connectivity index (χ0v) is 21.5. The Bertz CT molecular complexity index is 1210. The van der Waals surface area contributed by atoms with Gasteiger partial charge in [-0.3, -0.25) is 19.8 Å². The molecule has 178 valence electrons. The van der Waals surface area contributed by atoms with Crippen LogP contribution in [0.1, 0.15) is 51.2 Å². The zero-order valence-electron chi connectivity index (χ0n) is 19.9. The third-order valence-corrected chi connectivity index (χ3v) is 7.17. The van der Waals surface area contributed by atoms with Crippen molar-refractivity contribution in [2.45, 2.75) is 45.6 Å². The lowest BCUT2D eigenvalue weighted by molar-refractivity contribution is -0.122. The van der Waals surface area contributed by atoms with Crippen molar-refractivity contribution in [3.05, 3.63) is 58.1 Å². The van der Waals surface area contributed by atoms with Gasteiger partial charge in [0, 0.05) is 23.3 Å². The normalized spacial score (nSPS) is 20.9. The quantitative estimate of drug-likeness (QED) is 0.353. The van der Waals surface area contributed by atoms with Gasteiger partial charge in [-0.15, -0.1) is 0 Å². The summed E-state index contributed by atoms with van der Waals surface area (Å²) in [5, 5.41) is 3.13. The summed E-state index contributed by atoms with van der Waals surface area (Å²) in [7, 11) is 2.06. The van der Waals surface area contributed by atoms with Gasteiger partial charge in [-0.25, -0.2) is 0 Å². The largest absolute Gasteiger partial charge is 0.494 e. The highest BCUT2D eigenvalue weighted by molar-refractivity contribution is 7.80. The van der Waals surface area contributed by atoms with E-state index in [2.05, 4.69) is 38.0 Å². The number of nitrogens with zero attached hydrogens (tertiary/aromatic N) is 2. The lowest BCUT2D eigenvalue weighted by atomic mass is 9.80. The van der Waals surface area contributed by atoms with Crippen LogP contribution in [0, 0.1) is 0 Å². The topological polar surface area (TPSA) is 61.9 Å². The Morgan fingerprint density at radius 3 is 2.56 bits per heavy atom. The van der Waals surface area contributed by atoms with Crippen molar-refractivity contribution >= 4 is 58.2 Å². The Morgan fingerprint density at radius 2 is 1.91 bits per heavy atom. The van der Waals surface area contributed by atoms with Crippen LogP contribution in [0.5, 0.6) is 5.75 Å². The Balaban J connectivity index is 1.72. The Hall–Kier alpha value is -2.90. The van der Waals surface area contributed by atoms with Crippen molar-refractivity contribution in [3.63, 3.8) is 0 Å². The maximum absolute atomic E-state index is 13.4. The van der Waals surface area contributed by atoms with E-state index in [0.29, 0.717) is 34.5 Å². The number of halogens is 1. The third kappa shape index (κ3) is 4.30. The van der Waals surface area contributed by atoms with Gasteiger partial charge >= 0.3 is 0 Å². The van der Waals surface area contributed by atoms with Crippen molar-refractivity contribution in [1.29, 1.82) is 0 Å². The minimum atomic E-state index is -0.544. The lowest BCUT2D eigenvalue weighted by Crippen LogP contribution is -2.54. The summed E-state index contributed by atoms with van der Waals surface area (Å²) < 4.78 is 5.47. The van der Waals surface area contributed by atoms with Crippen LogP contribution in [0.4, 0.5) is 11.4 Å². The van der Waals surface area contributed by atoms with Gasteiger partial charge < -0.3 is 9.64 Å². The minimum absolute atomic E-state index is 0.00284. The minimum Gasteiger partial charge on any atom is -0.494 e. The predicted octanol–water partition coefficient (Wildman–Crippen LogP) is 5.29. The van der Waals surface area contributed by atoms with E-state index in [4.69, 9.17) is 28.6 Å². The van der Waals surface area contributed by atoms with Gasteiger partial charge in [0.25, 0.3) is 11.8 Å².